The predicted octanol–water partition coefficient (Wildman–Crippen LogP) is 2.56. The summed E-state index contributed by atoms with van der Waals surface area (Å²) in [5.41, 5.74) is 0.822. The van der Waals surface area contributed by atoms with Crippen LogP contribution in [0.15, 0.2) is 18.2 Å². The molecule has 3 nitrogen and oxygen atoms in total. The number of hydrogen-bond acceptors (Lipinski definition) is 2. The van der Waals surface area contributed by atoms with Crippen LogP contribution in [0.2, 0.25) is 10.0 Å². The molecule has 0 unspecified atom stereocenters. The summed E-state index contributed by atoms with van der Waals surface area (Å²) in [6, 6.07) is 5.36. The van der Waals surface area contributed by atoms with Gasteiger partial charge in [-0.25, -0.2) is 0 Å². The van der Waals surface area contributed by atoms with Crippen LogP contribution >= 0.6 is 23.2 Å². The number of likely N-dealkylation sites (N-methyl/N-ethyl adjacent to an activating group) is 1. The van der Waals surface area contributed by atoms with E-state index in [-0.39, 0.29) is 12.5 Å². The summed E-state index contributed by atoms with van der Waals surface area (Å²) in [5.74, 6) is 0.0516. The van der Waals surface area contributed by atoms with Gasteiger partial charge in [0.25, 0.3) is 0 Å². The number of nitrogens with one attached hydrogen (secondary N) is 1. The lowest BCUT2D eigenvalue weighted by Crippen LogP contribution is -2.35. The van der Waals surface area contributed by atoms with Crippen molar-refractivity contribution in [1.82, 2.24) is 10.2 Å². The molecule has 1 rings (SSSR count). The zero-order valence-electron chi connectivity index (χ0n) is 9.96. The smallest absolute Gasteiger partial charge is 0.236 e. The Bertz CT molecular complexity index is 376. The van der Waals surface area contributed by atoms with Gasteiger partial charge in [0.1, 0.15) is 0 Å². The highest BCUT2D eigenvalue weighted by Gasteiger charge is 2.08. The highest BCUT2D eigenvalue weighted by Crippen LogP contribution is 2.23. The molecule has 0 fully saturated rings. The van der Waals surface area contributed by atoms with Gasteiger partial charge in [-0.1, -0.05) is 29.3 Å². The monoisotopic (exact) mass is 274 g/mol. The summed E-state index contributed by atoms with van der Waals surface area (Å²) in [6.45, 7) is 3.41. The molecule has 0 saturated carbocycles. The van der Waals surface area contributed by atoms with Gasteiger partial charge in [-0.2, -0.15) is 0 Å². The molecular formula is C12H16Cl2N2O. The van der Waals surface area contributed by atoms with E-state index >= 15 is 0 Å². The molecule has 0 heterocycles. The Hall–Kier alpha value is -0.770. The van der Waals surface area contributed by atoms with E-state index in [1.54, 1.807) is 30.1 Å². The van der Waals surface area contributed by atoms with Crippen molar-refractivity contribution < 1.29 is 4.79 Å². The van der Waals surface area contributed by atoms with Gasteiger partial charge in [0, 0.05) is 35.7 Å². The van der Waals surface area contributed by atoms with Crippen LogP contribution in [0.25, 0.3) is 0 Å². The number of hydrogen-bond donors (Lipinski definition) is 1. The van der Waals surface area contributed by atoms with Crippen LogP contribution in [0.5, 0.6) is 0 Å². The summed E-state index contributed by atoms with van der Waals surface area (Å²) in [7, 11) is 1.77. The molecule has 0 spiro atoms. The summed E-state index contributed by atoms with van der Waals surface area (Å²) in [6.07, 6.45) is 0. The predicted molar refractivity (Wildman–Crippen MR) is 71.5 cm³/mol. The minimum absolute atomic E-state index is 0.0516. The van der Waals surface area contributed by atoms with E-state index in [4.69, 9.17) is 23.2 Å². The van der Waals surface area contributed by atoms with Gasteiger partial charge < -0.3 is 10.2 Å². The third kappa shape index (κ3) is 4.19. The number of rotatable bonds is 5. The van der Waals surface area contributed by atoms with E-state index in [1.807, 2.05) is 6.92 Å². The Balaban J connectivity index is 2.49. The lowest BCUT2D eigenvalue weighted by atomic mass is 10.2. The van der Waals surface area contributed by atoms with E-state index in [9.17, 15) is 4.79 Å². The van der Waals surface area contributed by atoms with Gasteiger partial charge in [-0.05, 0) is 19.1 Å². The van der Waals surface area contributed by atoms with Crippen molar-refractivity contribution >= 4 is 29.1 Å². The van der Waals surface area contributed by atoms with Crippen LogP contribution in [-0.2, 0) is 11.3 Å². The van der Waals surface area contributed by atoms with Gasteiger partial charge in [0.05, 0.1) is 6.54 Å². The standard InChI is InChI=1S/C12H16Cl2N2O/c1-3-16(2)12(17)8-15-7-9-10(13)5-4-6-11(9)14/h4-6,15H,3,7-8H2,1-2H3. The van der Waals surface area contributed by atoms with Crippen LogP contribution in [0.4, 0.5) is 0 Å². The summed E-state index contributed by atoms with van der Waals surface area (Å²) in [5, 5.41) is 4.26. The Morgan fingerprint density at radius 3 is 2.47 bits per heavy atom. The molecule has 0 aliphatic carbocycles. The summed E-state index contributed by atoms with van der Waals surface area (Å²) in [4.78, 5) is 13.2. The van der Waals surface area contributed by atoms with Crippen LogP contribution < -0.4 is 5.32 Å². The van der Waals surface area contributed by atoms with Crippen molar-refractivity contribution in [1.29, 1.82) is 0 Å². The topological polar surface area (TPSA) is 32.3 Å². The zero-order valence-corrected chi connectivity index (χ0v) is 11.5. The van der Waals surface area contributed by atoms with Crippen molar-refractivity contribution in [3.63, 3.8) is 0 Å². The van der Waals surface area contributed by atoms with Crippen molar-refractivity contribution in [2.24, 2.45) is 0 Å². The molecule has 0 aliphatic heterocycles. The molecule has 0 bridgehead atoms. The fraction of sp³-hybridized carbons (Fsp3) is 0.417. The number of halogens is 2. The molecule has 0 radical (unpaired) electrons. The molecule has 0 saturated heterocycles. The quantitative estimate of drug-likeness (QED) is 0.895. The van der Waals surface area contributed by atoms with E-state index < -0.39 is 0 Å². The molecule has 1 N–H and O–H groups in total. The number of carbonyl (C=O) groups is 1. The first kappa shape index (κ1) is 14.3. The lowest BCUT2D eigenvalue weighted by molar-refractivity contribution is -0.128. The fourth-order valence-corrected chi connectivity index (χ4v) is 1.84. The van der Waals surface area contributed by atoms with Gasteiger partial charge in [-0.3, -0.25) is 4.79 Å². The maximum absolute atomic E-state index is 11.5. The fourth-order valence-electron chi connectivity index (χ4n) is 1.31. The number of carbonyl (C=O) groups excluding carboxylic acids is 1. The number of benzene rings is 1. The van der Waals surface area contributed by atoms with E-state index in [1.165, 1.54) is 0 Å². The highest BCUT2D eigenvalue weighted by atomic mass is 35.5. The van der Waals surface area contributed by atoms with Gasteiger partial charge in [0.2, 0.25) is 5.91 Å². The van der Waals surface area contributed by atoms with Crippen molar-refractivity contribution in [3.8, 4) is 0 Å². The average molecular weight is 275 g/mol. The molecule has 0 aromatic heterocycles. The summed E-state index contributed by atoms with van der Waals surface area (Å²) < 4.78 is 0. The van der Waals surface area contributed by atoms with Gasteiger partial charge in [0.15, 0.2) is 0 Å². The SMILES string of the molecule is CCN(C)C(=O)CNCc1c(Cl)cccc1Cl. The van der Waals surface area contributed by atoms with Crippen LogP contribution in [0, 0.1) is 0 Å². The first-order chi connectivity index (χ1) is 8.06. The maximum atomic E-state index is 11.5. The second kappa shape index (κ2) is 6.84. The lowest BCUT2D eigenvalue weighted by Gasteiger charge is -2.15. The van der Waals surface area contributed by atoms with Crippen molar-refractivity contribution in [2.45, 2.75) is 13.5 Å². The Kier molecular flexibility index (Phi) is 5.75. The average Bonchev–Trinajstić information content (AvgIpc) is 2.31. The van der Waals surface area contributed by atoms with Crippen LogP contribution in [-0.4, -0.2) is 30.9 Å². The first-order valence-corrected chi connectivity index (χ1v) is 6.19. The molecule has 1 aromatic rings. The second-order valence-corrected chi connectivity index (χ2v) is 4.53. The summed E-state index contributed by atoms with van der Waals surface area (Å²) >= 11 is 12.0. The van der Waals surface area contributed by atoms with Crippen LogP contribution in [0.3, 0.4) is 0 Å². The minimum Gasteiger partial charge on any atom is -0.345 e. The molecule has 5 heteroatoms. The molecule has 94 valence electrons. The third-order valence-electron chi connectivity index (χ3n) is 2.54. The minimum atomic E-state index is 0.0516. The number of nitrogens with zero attached hydrogens (tertiary/aromatic N) is 1. The molecular weight excluding hydrogens is 259 g/mol. The van der Waals surface area contributed by atoms with Gasteiger partial charge in [-0.15, -0.1) is 0 Å². The maximum Gasteiger partial charge on any atom is 0.236 e. The van der Waals surface area contributed by atoms with Crippen LogP contribution in [0.1, 0.15) is 12.5 Å². The Morgan fingerprint density at radius 2 is 1.94 bits per heavy atom. The Morgan fingerprint density at radius 1 is 1.35 bits per heavy atom. The highest BCUT2D eigenvalue weighted by molar-refractivity contribution is 6.35. The second-order valence-electron chi connectivity index (χ2n) is 3.71. The molecule has 1 amide bonds. The van der Waals surface area contributed by atoms with E-state index in [2.05, 4.69) is 5.32 Å². The third-order valence-corrected chi connectivity index (χ3v) is 3.25. The first-order valence-electron chi connectivity index (χ1n) is 5.43. The van der Waals surface area contributed by atoms with Crippen molar-refractivity contribution in [3.05, 3.63) is 33.8 Å². The molecule has 0 atom stereocenters. The molecule has 17 heavy (non-hydrogen) atoms. The molecule has 0 aliphatic rings. The van der Waals surface area contributed by atoms with Crippen molar-refractivity contribution in [2.75, 3.05) is 20.1 Å². The largest absolute Gasteiger partial charge is 0.345 e. The molecule has 1 aromatic carbocycles. The number of amides is 1. The Labute approximate surface area is 112 Å². The van der Waals surface area contributed by atoms with E-state index in [0.29, 0.717) is 23.1 Å². The van der Waals surface area contributed by atoms with Gasteiger partial charge >= 0.3 is 0 Å². The zero-order chi connectivity index (χ0) is 12.8. The normalized spacial score (nSPS) is 10.4. The van der Waals surface area contributed by atoms with E-state index in [0.717, 1.165) is 5.56 Å².